The van der Waals surface area contributed by atoms with Crippen molar-refractivity contribution in [2.24, 2.45) is 0 Å². The first-order chi connectivity index (χ1) is 14.8. The zero-order chi connectivity index (χ0) is 22.4. The molecule has 2 amide bonds. The predicted molar refractivity (Wildman–Crippen MR) is 113 cm³/mol. The summed E-state index contributed by atoms with van der Waals surface area (Å²) in [6.07, 6.45) is 0.386. The van der Waals surface area contributed by atoms with Crippen molar-refractivity contribution in [1.29, 1.82) is 0 Å². The predicted octanol–water partition coefficient (Wildman–Crippen LogP) is 5.22. The van der Waals surface area contributed by atoms with Crippen molar-refractivity contribution >= 4 is 23.1 Å². The average Bonchev–Trinajstić information content (AvgIpc) is 3.20. The molecular formula is C21H24F3N5O2. The molecule has 0 unspecified atom stereocenters. The highest BCUT2D eigenvalue weighted by Gasteiger charge is 2.33. The van der Waals surface area contributed by atoms with E-state index >= 15 is 0 Å². The summed E-state index contributed by atoms with van der Waals surface area (Å²) in [6.45, 7) is 2.12. The number of ether oxygens (including phenoxy) is 1. The molecule has 166 valence electrons. The number of methoxy groups -OCH3 is 1. The molecule has 1 aliphatic rings. The Morgan fingerprint density at radius 2 is 1.94 bits per heavy atom. The van der Waals surface area contributed by atoms with Gasteiger partial charge in [-0.2, -0.15) is 13.2 Å². The second kappa shape index (κ2) is 9.61. The van der Waals surface area contributed by atoms with Crippen LogP contribution in [0.1, 0.15) is 31.7 Å². The van der Waals surface area contributed by atoms with Gasteiger partial charge >= 0.3 is 12.2 Å². The lowest BCUT2D eigenvalue weighted by Crippen LogP contribution is -2.36. The van der Waals surface area contributed by atoms with Crippen LogP contribution in [-0.2, 0) is 6.18 Å². The summed E-state index contributed by atoms with van der Waals surface area (Å²) in [6, 6.07) is 8.94. The van der Waals surface area contributed by atoms with Crippen molar-refractivity contribution < 1.29 is 22.7 Å². The number of anilines is 3. The van der Waals surface area contributed by atoms with Crippen LogP contribution in [0.5, 0.6) is 5.75 Å². The van der Waals surface area contributed by atoms with Crippen molar-refractivity contribution in [3.63, 3.8) is 0 Å². The molecule has 0 aliphatic carbocycles. The van der Waals surface area contributed by atoms with Gasteiger partial charge in [0.05, 0.1) is 18.4 Å². The van der Waals surface area contributed by atoms with Crippen LogP contribution in [-0.4, -0.2) is 13.1 Å². The van der Waals surface area contributed by atoms with E-state index in [9.17, 15) is 18.0 Å². The number of amides is 2. The van der Waals surface area contributed by atoms with E-state index in [1.165, 1.54) is 25.3 Å². The summed E-state index contributed by atoms with van der Waals surface area (Å²) in [5, 5.41) is 6.53. The molecule has 1 heterocycles. The third-order valence-corrected chi connectivity index (χ3v) is 4.60. The number of carbonyl (C=O) groups excluding carboxylic acids is 1. The van der Waals surface area contributed by atoms with Gasteiger partial charge < -0.3 is 20.8 Å². The van der Waals surface area contributed by atoms with Crippen molar-refractivity contribution in [2.75, 3.05) is 22.8 Å². The molecule has 1 aliphatic heterocycles. The highest BCUT2D eigenvalue weighted by atomic mass is 19.4. The molecular weight excluding hydrogens is 411 g/mol. The summed E-state index contributed by atoms with van der Waals surface area (Å²) in [4.78, 5) is 12.3. The minimum Gasteiger partial charge on any atom is -0.494 e. The minimum atomic E-state index is -4.57. The Labute approximate surface area is 178 Å². The van der Waals surface area contributed by atoms with Gasteiger partial charge in [0.25, 0.3) is 0 Å². The van der Waals surface area contributed by atoms with Crippen LogP contribution in [0.3, 0.4) is 0 Å². The molecule has 0 atom stereocenters. The lowest BCUT2D eigenvalue weighted by atomic mass is 10.1. The van der Waals surface area contributed by atoms with Crippen molar-refractivity contribution in [3.8, 4) is 5.75 Å². The number of alkyl halides is 3. The van der Waals surface area contributed by atoms with Crippen LogP contribution < -0.4 is 31.3 Å². The van der Waals surface area contributed by atoms with E-state index in [-0.39, 0.29) is 5.69 Å². The first kappa shape index (κ1) is 22.3. The number of hydrogen-bond acceptors (Lipinski definition) is 5. The monoisotopic (exact) mass is 435 g/mol. The number of unbranched alkanes of at least 4 members (excludes halogenated alkanes) is 1. The number of hydrazine groups is 2. The van der Waals surface area contributed by atoms with E-state index in [0.29, 0.717) is 17.1 Å². The van der Waals surface area contributed by atoms with E-state index < -0.39 is 17.8 Å². The van der Waals surface area contributed by atoms with Crippen molar-refractivity contribution in [3.05, 3.63) is 59.9 Å². The second-order valence-electron chi connectivity index (χ2n) is 6.87. The highest BCUT2D eigenvalue weighted by Crippen LogP contribution is 2.35. The van der Waals surface area contributed by atoms with Crippen LogP contribution in [0.4, 0.5) is 35.0 Å². The summed E-state index contributed by atoms with van der Waals surface area (Å²) in [5.74, 6) is 0.468. The zero-order valence-corrected chi connectivity index (χ0v) is 17.1. The summed E-state index contributed by atoms with van der Waals surface area (Å²) in [7, 11) is 1.49. The fourth-order valence-electron chi connectivity index (χ4n) is 3.05. The van der Waals surface area contributed by atoms with Gasteiger partial charge in [-0.3, -0.25) is 5.01 Å². The van der Waals surface area contributed by atoms with Crippen LogP contribution >= 0.6 is 0 Å². The molecule has 31 heavy (non-hydrogen) atoms. The van der Waals surface area contributed by atoms with Crippen molar-refractivity contribution in [2.45, 2.75) is 32.4 Å². The SMILES string of the molecule is CCCCC1=CN(c2ccc(NC(=O)Nc3ccccc3C(F)(F)F)cc2OC)NN1. The van der Waals surface area contributed by atoms with Gasteiger partial charge in [-0.1, -0.05) is 25.5 Å². The van der Waals surface area contributed by atoms with E-state index in [1.807, 2.05) is 6.20 Å². The Bertz CT molecular complexity index is 962. The molecule has 10 heteroatoms. The van der Waals surface area contributed by atoms with E-state index in [2.05, 4.69) is 28.5 Å². The Hall–Kier alpha value is -3.40. The molecule has 0 radical (unpaired) electrons. The number of benzene rings is 2. The topological polar surface area (TPSA) is 77.7 Å². The van der Waals surface area contributed by atoms with Gasteiger partial charge in [0.2, 0.25) is 0 Å². The van der Waals surface area contributed by atoms with Gasteiger partial charge in [-0.25, -0.2) is 4.79 Å². The van der Waals surface area contributed by atoms with Crippen LogP contribution in [0, 0.1) is 0 Å². The molecule has 2 aromatic rings. The standard InChI is InChI=1S/C21H24F3N5O2/c1-3-4-7-15-13-29(28-27-15)18-11-10-14(12-19(18)31-2)25-20(30)26-17-9-6-5-8-16(17)21(22,23)24/h5-6,8-13,27-28H,3-4,7H2,1-2H3,(H2,25,26,30). The van der Waals surface area contributed by atoms with Crippen LogP contribution in [0.15, 0.2) is 54.4 Å². The van der Waals surface area contributed by atoms with Crippen LogP contribution in [0.2, 0.25) is 0 Å². The van der Waals surface area contributed by atoms with Gasteiger partial charge in [0, 0.05) is 23.7 Å². The first-order valence-corrected chi connectivity index (χ1v) is 9.75. The van der Waals surface area contributed by atoms with Gasteiger partial charge in [0.1, 0.15) is 11.4 Å². The lowest BCUT2D eigenvalue weighted by Gasteiger charge is -2.19. The molecule has 0 saturated carbocycles. The molecule has 2 aromatic carbocycles. The molecule has 0 bridgehead atoms. The van der Waals surface area contributed by atoms with E-state index in [1.54, 1.807) is 23.2 Å². The zero-order valence-electron chi connectivity index (χ0n) is 17.1. The van der Waals surface area contributed by atoms with Crippen molar-refractivity contribution in [1.82, 2.24) is 11.0 Å². The number of nitrogens with zero attached hydrogens (tertiary/aromatic N) is 1. The Morgan fingerprint density at radius 1 is 1.16 bits per heavy atom. The second-order valence-corrected chi connectivity index (χ2v) is 6.87. The molecule has 0 saturated heterocycles. The Balaban J connectivity index is 1.71. The maximum Gasteiger partial charge on any atom is 0.418 e. The number of halogens is 3. The van der Waals surface area contributed by atoms with E-state index in [0.717, 1.165) is 31.0 Å². The maximum atomic E-state index is 13.1. The van der Waals surface area contributed by atoms with Crippen LogP contribution in [0.25, 0.3) is 0 Å². The fourth-order valence-corrected chi connectivity index (χ4v) is 3.05. The Kier molecular flexibility index (Phi) is 6.91. The number of hydrogen-bond donors (Lipinski definition) is 4. The highest BCUT2D eigenvalue weighted by molar-refractivity contribution is 6.00. The minimum absolute atomic E-state index is 0.326. The first-order valence-electron chi connectivity index (χ1n) is 9.75. The average molecular weight is 435 g/mol. The maximum absolute atomic E-state index is 13.1. The molecule has 0 fully saturated rings. The number of nitrogens with one attached hydrogen (secondary N) is 4. The summed E-state index contributed by atoms with van der Waals surface area (Å²) < 4.78 is 44.7. The van der Waals surface area contributed by atoms with Gasteiger partial charge in [-0.05, 0) is 37.1 Å². The summed E-state index contributed by atoms with van der Waals surface area (Å²) >= 11 is 0. The quantitative estimate of drug-likeness (QED) is 0.480. The third-order valence-electron chi connectivity index (χ3n) is 4.60. The van der Waals surface area contributed by atoms with Gasteiger partial charge in [0.15, 0.2) is 0 Å². The molecule has 3 rings (SSSR count). The molecule has 0 aromatic heterocycles. The van der Waals surface area contributed by atoms with E-state index in [4.69, 9.17) is 4.74 Å². The number of carbonyl (C=O) groups is 1. The van der Waals surface area contributed by atoms with Gasteiger partial charge in [-0.15, -0.1) is 5.53 Å². The fraction of sp³-hybridized carbons (Fsp3) is 0.286. The number of para-hydroxylation sites is 1. The lowest BCUT2D eigenvalue weighted by molar-refractivity contribution is -0.136. The number of allylic oxidation sites excluding steroid dienone is 1. The number of urea groups is 1. The third kappa shape index (κ3) is 5.60. The smallest absolute Gasteiger partial charge is 0.418 e. The molecule has 0 spiro atoms. The summed E-state index contributed by atoms with van der Waals surface area (Å²) in [5.41, 5.74) is 6.98. The number of rotatable bonds is 7. The molecule has 7 nitrogen and oxygen atoms in total. The molecule has 4 N–H and O–H groups in total. The Morgan fingerprint density at radius 3 is 2.65 bits per heavy atom. The normalized spacial score (nSPS) is 13.5. The largest absolute Gasteiger partial charge is 0.494 e.